The SMILES string of the molecule is Cc1ccc([N+](=O)[O-])cc1NC(=O)CNC(=O)COc1ccccc1. The monoisotopic (exact) mass is 343 g/mol. The molecule has 2 aromatic rings. The first-order chi connectivity index (χ1) is 12.0. The van der Waals surface area contributed by atoms with E-state index < -0.39 is 16.7 Å². The Morgan fingerprint density at radius 3 is 2.52 bits per heavy atom. The van der Waals surface area contributed by atoms with Crippen LogP contribution in [0.2, 0.25) is 0 Å². The maximum atomic E-state index is 11.9. The standard InChI is InChI=1S/C17H17N3O5/c1-12-7-8-13(20(23)24)9-15(12)19-16(21)10-18-17(22)11-25-14-5-3-2-4-6-14/h2-9H,10-11H2,1H3,(H,18,22)(H,19,21). The second kappa shape index (κ2) is 8.44. The van der Waals surface area contributed by atoms with Gasteiger partial charge in [-0.05, 0) is 24.6 Å². The van der Waals surface area contributed by atoms with E-state index in [1.807, 2.05) is 6.07 Å². The molecule has 0 bridgehead atoms. The van der Waals surface area contributed by atoms with Crippen molar-refractivity contribution in [2.75, 3.05) is 18.5 Å². The van der Waals surface area contributed by atoms with Gasteiger partial charge >= 0.3 is 0 Å². The van der Waals surface area contributed by atoms with E-state index in [-0.39, 0.29) is 18.8 Å². The van der Waals surface area contributed by atoms with Crippen LogP contribution in [-0.4, -0.2) is 29.9 Å². The minimum Gasteiger partial charge on any atom is -0.484 e. The summed E-state index contributed by atoms with van der Waals surface area (Å²) >= 11 is 0. The number of para-hydroxylation sites is 1. The first-order valence-electron chi connectivity index (χ1n) is 7.45. The third-order valence-electron chi connectivity index (χ3n) is 3.27. The normalized spacial score (nSPS) is 9.96. The number of carbonyl (C=O) groups is 2. The molecule has 0 radical (unpaired) electrons. The van der Waals surface area contributed by atoms with Crippen LogP contribution < -0.4 is 15.4 Å². The zero-order chi connectivity index (χ0) is 18.2. The minimum absolute atomic E-state index is 0.124. The lowest BCUT2D eigenvalue weighted by molar-refractivity contribution is -0.384. The number of aryl methyl sites for hydroxylation is 1. The topological polar surface area (TPSA) is 111 Å². The molecule has 0 unspecified atom stereocenters. The van der Waals surface area contributed by atoms with Crippen molar-refractivity contribution in [3.63, 3.8) is 0 Å². The molecule has 0 saturated carbocycles. The molecule has 2 rings (SSSR count). The Balaban J connectivity index is 1.81. The number of benzene rings is 2. The van der Waals surface area contributed by atoms with Gasteiger partial charge in [0, 0.05) is 12.1 Å². The van der Waals surface area contributed by atoms with Gasteiger partial charge in [-0.15, -0.1) is 0 Å². The molecule has 0 saturated heterocycles. The molecule has 0 heterocycles. The van der Waals surface area contributed by atoms with Gasteiger partial charge < -0.3 is 15.4 Å². The molecule has 8 heteroatoms. The van der Waals surface area contributed by atoms with Crippen molar-refractivity contribution >= 4 is 23.2 Å². The first kappa shape index (κ1) is 17.9. The number of hydrogen-bond donors (Lipinski definition) is 2. The van der Waals surface area contributed by atoms with Crippen molar-refractivity contribution in [3.05, 3.63) is 64.2 Å². The molecule has 0 spiro atoms. The number of carbonyl (C=O) groups excluding carboxylic acids is 2. The Morgan fingerprint density at radius 1 is 1.12 bits per heavy atom. The van der Waals surface area contributed by atoms with Crippen LogP contribution in [0, 0.1) is 17.0 Å². The molecule has 8 nitrogen and oxygen atoms in total. The summed E-state index contributed by atoms with van der Waals surface area (Å²) in [6.45, 7) is 1.23. The van der Waals surface area contributed by atoms with Gasteiger partial charge in [0.05, 0.1) is 17.2 Å². The van der Waals surface area contributed by atoms with Crippen LogP contribution in [0.1, 0.15) is 5.56 Å². The number of nitro benzene ring substituents is 1. The average molecular weight is 343 g/mol. The number of nitrogens with zero attached hydrogens (tertiary/aromatic N) is 1. The summed E-state index contributed by atoms with van der Waals surface area (Å²) in [6.07, 6.45) is 0. The molecule has 0 aliphatic heterocycles. The number of nitrogens with one attached hydrogen (secondary N) is 2. The average Bonchev–Trinajstić information content (AvgIpc) is 2.60. The van der Waals surface area contributed by atoms with Gasteiger partial charge in [-0.1, -0.05) is 24.3 Å². The number of nitro groups is 1. The van der Waals surface area contributed by atoms with Crippen molar-refractivity contribution in [3.8, 4) is 5.75 Å². The molecule has 2 aromatic carbocycles. The van der Waals surface area contributed by atoms with Crippen LogP contribution in [0.25, 0.3) is 0 Å². The summed E-state index contributed by atoms with van der Waals surface area (Å²) in [7, 11) is 0. The van der Waals surface area contributed by atoms with Crippen LogP contribution in [0.3, 0.4) is 0 Å². The van der Waals surface area contributed by atoms with Crippen molar-refractivity contribution in [1.29, 1.82) is 0 Å². The fraction of sp³-hybridized carbons (Fsp3) is 0.176. The van der Waals surface area contributed by atoms with Gasteiger partial charge in [0.2, 0.25) is 5.91 Å². The Morgan fingerprint density at radius 2 is 1.84 bits per heavy atom. The predicted octanol–water partition coefficient (Wildman–Crippen LogP) is 2.04. The van der Waals surface area contributed by atoms with Gasteiger partial charge in [-0.25, -0.2) is 0 Å². The van der Waals surface area contributed by atoms with Crippen molar-refractivity contribution < 1.29 is 19.2 Å². The Kier molecular flexibility index (Phi) is 6.05. The van der Waals surface area contributed by atoms with E-state index in [9.17, 15) is 19.7 Å². The molecule has 2 amide bonds. The Bertz CT molecular complexity index is 777. The maximum absolute atomic E-state index is 11.9. The largest absolute Gasteiger partial charge is 0.484 e. The number of rotatable bonds is 7. The molecule has 0 aromatic heterocycles. The van der Waals surface area contributed by atoms with Crippen LogP contribution >= 0.6 is 0 Å². The van der Waals surface area contributed by atoms with Crippen molar-refractivity contribution in [2.45, 2.75) is 6.92 Å². The second-order valence-corrected chi connectivity index (χ2v) is 5.18. The zero-order valence-electron chi connectivity index (χ0n) is 13.5. The van der Waals surface area contributed by atoms with Crippen molar-refractivity contribution in [2.24, 2.45) is 0 Å². The Hall–Kier alpha value is -3.42. The quantitative estimate of drug-likeness (QED) is 0.590. The van der Waals surface area contributed by atoms with E-state index in [1.54, 1.807) is 37.3 Å². The van der Waals surface area contributed by atoms with Crippen LogP contribution in [0.15, 0.2) is 48.5 Å². The van der Waals surface area contributed by atoms with Crippen LogP contribution in [0.5, 0.6) is 5.75 Å². The summed E-state index contributed by atoms with van der Waals surface area (Å²) in [6, 6.07) is 13.0. The third-order valence-corrected chi connectivity index (χ3v) is 3.27. The summed E-state index contributed by atoms with van der Waals surface area (Å²) in [5, 5.41) is 15.7. The number of hydrogen-bond acceptors (Lipinski definition) is 5. The van der Waals surface area contributed by atoms with Gasteiger partial charge in [0.15, 0.2) is 6.61 Å². The highest BCUT2D eigenvalue weighted by Gasteiger charge is 2.12. The van der Waals surface area contributed by atoms with E-state index in [2.05, 4.69) is 10.6 Å². The fourth-order valence-corrected chi connectivity index (χ4v) is 1.95. The lowest BCUT2D eigenvalue weighted by Crippen LogP contribution is -2.35. The minimum atomic E-state index is -0.544. The molecular weight excluding hydrogens is 326 g/mol. The zero-order valence-corrected chi connectivity index (χ0v) is 13.5. The number of anilines is 1. The first-order valence-corrected chi connectivity index (χ1v) is 7.45. The third kappa shape index (κ3) is 5.61. The molecule has 25 heavy (non-hydrogen) atoms. The van der Waals surface area contributed by atoms with Crippen LogP contribution in [0.4, 0.5) is 11.4 Å². The van der Waals surface area contributed by atoms with E-state index in [4.69, 9.17) is 4.74 Å². The van der Waals surface area contributed by atoms with E-state index in [0.717, 1.165) is 0 Å². The molecule has 2 N–H and O–H groups in total. The molecular formula is C17H17N3O5. The molecule has 0 fully saturated rings. The smallest absolute Gasteiger partial charge is 0.271 e. The maximum Gasteiger partial charge on any atom is 0.271 e. The highest BCUT2D eigenvalue weighted by atomic mass is 16.6. The van der Waals surface area contributed by atoms with Gasteiger partial charge in [-0.2, -0.15) is 0 Å². The summed E-state index contributed by atoms with van der Waals surface area (Å²) < 4.78 is 5.26. The van der Waals surface area contributed by atoms with E-state index in [1.165, 1.54) is 12.1 Å². The fourth-order valence-electron chi connectivity index (χ4n) is 1.95. The highest BCUT2D eigenvalue weighted by molar-refractivity contribution is 5.95. The van der Waals surface area contributed by atoms with Gasteiger partial charge in [0.25, 0.3) is 11.6 Å². The highest BCUT2D eigenvalue weighted by Crippen LogP contribution is 2.21. The summed E-state index contributed by atoms with van der Waals surface area (Å²) in [4.78, 5) is 33.8. The van der Waals surface area contributed by atoms with Crippen molar-refractivity contribution in [1.82, 2.24) is 5.32 Å². The molecule has 0 atom stereocenters. The lowest BCUT2D eigenvalue weighted by Gasteiger charge is -2.10. The summed E-state index contributed by atoms with van der Waals surface area (Å²) in [5.74, 6) is -0.388. The number of amides is 2. The predicted molar refractivity (Wildman–Crippen MR) is 91.4 cm³/mol. The van der Waals surface area contributed by atoms with Gasteiger partial charge in [0.1, 0.15) is 5.75 Å². The summed E-state index contributed by atoms with van der Waals surface area (Å²) in [5.41, 5.74) is 0.882. The molecule has 0 aliphatic carbocycles. The second-order valence-electron chi connectivity index (χ2n) is 5.18. The van der Waals surface area contributed by atoms with E-state index in [0.29, 0.717) is 17.0 Å². The lowest BCUT2D eigenvalue weighted by atomic mass is 10.2. The number of non-ortho nitro benzene ring substituents is 1. The van der Waals surface area contributed by atoms with Gasteiger partial charge in [-0.3, -0.25) is 19.7 Å². The van der Waals surface area contributed by atoms with Crippen LogP contribution in [-0.2, 0) is 9.59 Å². The number of ether oxygens (including phenoxy) is 1. The van der Waals surface area contributed by atoms with E-state index >= 15 is 0 Å². The Labute approximate surface area is 144 Å². The molecule has 130 valence electrons. The molecule has 0 aliphatic rings.